The average molecular weight is 264 g/mol. The SMILES string of the molecule is CCCNc1ccnc(-c2nccc3ccccc23)n1. The largest absolute Gasteiger partial charge is 0.370 e. The van der Waals surface area contributed by atoms with E-state index in [2.05, 4.69) is 33.3 Å². The quantitative estimate of drug-likeness (QED) is 0.783. The van der Waals surface area contributed by atoms with Crippen molar-refractivity contribution in [3.05, 3.63) is 48.8 Å². The molecule has 0 saturated heterocycles. The van der Waals surface area contributed by atoms with E-state index in [1.165, 1.54) is 0 Å². The number of nitrogens with zero attached hydrogens (tertiary/aromatic N) is 3. The van der Waals surface area contributed by atoms with Gasteiger partial charge in [0.2, 0.25) is 0 Å². The lowest BCUT2D eigenvalue weighted by Gasteiger charge is -2.07. The summed E-state index contributed by atoms with van der Waals surface area (Å²) in [5.41, 5.74) is 0.822. The van der Waals surface area contributed by atoms with Crippen molar-refractivity contribution >= 4 is 16.6 Å². The molecular formula is C16H16N4. The third-order valence-electron chi connectivity index (χ3n) is 3.10. The molecule has 0 bridgehead atoms. The summed E-state index contributed by atoms with van der Waals surface area (Å²) in [5.74, 6) is 1.49. The van der Waals surface area contributed by atoms with Gasteiger partial charge in [-0.3, -0.25) is 4.98 Å². The van der Waals surface area contributed by atoms with Gasteiger partial charge in [-0.25, -0.2) is 9.97 Å². The van der Waals surface area contributed by atoms with Gasteiger partial charge in [0.1, 0.15) is 11.5 Å². The van der Waals surface area contributed by atoms with Gasteiger partial charge in [0.05, 0.1) is 0 Å². The third-order valence-corrected chi connectivity index (χ3v) is 3.10. The molecule has 4 nitrogen and oxygen atoms in total. The Morgan fingerprint density at radius 2 is 1.85 bits per heavy atom. The molecule has 0 fully saturated rings. The van der Waals surface area contributed by atoms with Crippen molar-refractivity contribution in [3.63, 3.8) is 0 Å². The molecule has 3 aromatic rings. The highest BCUT2D eigenvalue weighted by molar-refractivity contribution is 5.92. The molecule has 0 radical (unpaired) electrons. The second kappa shape index (κ2) is 5.65. The maximum absolute atomic E-state index is 4.55. The molecule has 0 aliphatic rings. The van der Waals surface area contributed by atoms with Crippen LogP contribution in [0, 0.1) is 0 Å². The second-order valence-electron chi connectivity index (χ2n) is 4.57. The smallest absolute Gasteiger partial charge is 0.180 e. The molecule has 2 heterocycles. The van der Waals surface area contributed by atoms with Crippen LogP contribution >= 0.6 is 0 Å². The molecule has 0 spiro atoms. The molecule has 0 unspecified atom stereocenters. The number of anilines is 1. The number of hydrogen-bond donors (Lipinski definition) is 1. The molecule has 0 atom stereocenters. The van der Waals surface area contributed by atoms with E-state index in [1.807, 2.05) is 30.3 Å². The number of nitrogens with one attached hydrogen (secondary N) is 1. The highest BCUT2D eigenvalue weighted by Crippen LogP contribution is 2.24. The van der Waals surface area contributed by atoms with Crippen molar-refractivity contribution in [1.29, 1.82) is 0 Å². The maximum Gasteiger partial charge on any atom is 0.180 e. The van der Waals surface area contributed by atoms with Gasteiger partial charge < -0.3 is 5.32 Å². The molecule has 1 N–H and O–H groups in total. The average Bonchev–Trinajstić information content (AvgIpc) is 2.52. The van der Waals surface area contributed by atoms with Crippen LogP contribution in [-0.4, -0.2) is 21.5 Å². The molecule has 20 heavy (non-hydrogen) atoms. The Labute approximate surface area is 117 Å². The van der Waals surface area contributed by atoms with Crippen LogP contribution in [0.1, 0.15) is 13.3 Å². The van der Waals surface area contributed by atoms with Gasteiger partial charge in [0, 0.05) is 24.3 Å². The minimum absolute atomic E-state index is 0.655. The molecule has 2 aromatic heterocycles. The van der Waals surface area contributed by atoms with Gasteiger partial charge in [0.25, 0.3) is 0 Å². The topological polar surface area (TPSA) is 50.7 Å². The third kappa shape index (κ3) is 2.45. The van der Waals surface area contributed by atoms with E-state index in [1.54, 1.807) is 12.4 Å². The van der Waals surface area contributed by atoms with Crippen molar-refractivity contribution in [1.82, 2.24) is 15.0 Å². The molecular weight excluding hydrogens is 248 g/mol. The first kappa shape index (κ1) is 12.5. The van der Waals surface area contributed by atoms with Crippen LogP contribution < -0.4 is 5.32 Å². The number of aromatic nitrogens is 3. The number of hydrogen-bond acceptors (Lipinski definition) is 4. The van der Waals surface area contributed by atoms with E-state index in [4.69, 9.17) is 0 Å². The zero-order valence-corrected chi connectivity index (χ0v) is 11.4. The molecule has 4 heteroatoms. The van der Waals surface area contributed by atoms with Crippen LogP contribution in [0.15, 0.2) is 48.8 Å². The van der Waals surface area contributed by atoms with E-state index in [0.717, 1.165) is 35.2 Å². The van der Waals surface area contributed by atoms with Crippen molar-refractivity contribution in [2.45, 2.75) is 13.3 Å². The predicted molar refractivity (Wildman–Crippen MR) is 81.5 cm³/mol. The Morgan fingerprint density at radius 3 is 2.75 bits per heavy atom. The van der Waals surface area contributed by atoms with Gasteiger partial charge in [-0.15, -0.1) is 0 Å². The molecule has 0 amide bonds. The van der Waals surface area contributed by atoms with Crippen LogP contribution in [0.4, 0.5) is 5.82 Å². The van der Waals surface area contributed by atoms with Gasteiger partial charge >= 0.3 is 0 Å². The summed E-state index contributed by atoms with van der Waals surface area (Å²) in [6.07, 6.45) is 4.63. The molecule has 3 rings (SSSR count). The summed E-state index contributed by atoms with van der Waals surface area (Å²) >= 11 is 0. The number of fused-ring (bicyclic) bond motifs is 1. The molecule has 0 aliphatic heterocycles. The Kier molecular flexibility index (Phi) is 3.54. The maximum atomic E-state index is 4.55. The normalized spacial score (nSPS) is 10.7. The Morgan fingerprint density at radius 1 is 1.00 bits per heavy atom. The summed E-state index contributed by atoms with van der Waals surface area (Å²) < 4.78 is 0. The molecule has 1 aromatic carbocycles. The first-order chi connectivity index (χ1) is 9.88. The van der Waals surface area contributed by atoms with Crippen LogP contribution in [0.25, 0.3) is 22.3 Å². The lowest BCUT2D eigenvalue weighted by atomic mass is 10.1. The van der Waals surface area contributed by atoms with Crippen molar-refractivity contribution < 1.29 is 0 Å². The molecule has 0 saturated carbocycles. The van der Waals surface area contributed by atoms with Gasteiger partial charge in [0.15, 0.2) is 5.82 Å². The lowest BCUT2D eigenvalue weighted by Crippen LogP contribution is -2.03. The summed E-state index contributed by atoms with van der Waals surface area (Å²) in [4.78, 5) is 13.3. The van der Waals surface area contributed by atoms with Gasteiger partial charge in [-0.1, -0.05) is 31.2 Å². The van der Waals surface area contributed by atoms with Crippen LogP contribution in [0.5, 0.6) is 0 Å². The monoisotopic (exact) mass is 264 g/mol. The Hall–Kier alpha value is -2.49. The molecule has 0 aliphatic carbocycles. The fourth-order valence-electron chi connectivity index (χ4n) is 2.12. The number of rotatable bonds is 4. The van der Waals surface area contributed by atoms with Crippen LogP contribution in [0.2, 0.25) is 0 Å². The van der Waals surface area contributed by atoms with E-state index >= 15 is 0 Å². The first-order valence-electron chi connectivity index (χ1n) is 6.79. The van der Waals surface area contributed by atoms with Gasteiger partial charge in [-0.05, 0) is 23.9 Å². The fourth-order valence-corrected chi connectivity index (χ4v) is 2.12. The second-order valence-corrected chi connectivity index (χ2v) is 4.57. The fraction of sp³-hybridized carbons (Fsp3) is 0.188. The summed E-state index contributed by atoms with van der Waals surface area (Å²) in [6.45, 7) is 3.03. The zero-order valence-electron chi connectivity index (χ0n) is 11.4. The van der Waals surface area contributed by atoms with Gasteiger partial charge in [-0.2, -0.15) is 0 Å². The van der Waals surface area contributed by atoms with Crippen LogP contribution in [-0.2, 0) is 0 Å². The summed E-state index contributed by atoms with van der Waals surface area (Å²) in [6, 6.07) is 12.0. The van der Waals surface area contributed by atoms with E-state index in [9.17, 15) is 0 Å². The standard InChI is InChI=1S/C16H16N4/c1-2-9-17-14-8-11-19-16(20-14)15-13-6-4-3-5-12(13)7-10-18-15/h3-8,10-11H,2,9H2,1H3,(H,17,19,20). The first-order valence-corrected chi connectivity index (χ1v) is 6.79. The number of benzene rings is 1. The van der Waals surface area contributed by atoms with Crippen molar-refractivity contribution in [2.75, 3.05) is 11.9 Å². The summed E-state index contributed by atoms with van der Waals surface area (Å²) in [7, 11) is 0. The Bertz CT molecular complexity index is 719. The zero-order chi connectivity index (χ0) is 13.8. The lowest BCUT2D eigenvalue weighted by molar-refractivity contribution is 0.965. The predicted octanol–water partition coefficient (Wildman–Crippen LogP) is 3.51. The Balaban J connectivity index is 2.06. The highest BCUT2D eigenvalue weighted by atomic mass is 15.0. The van der Waals surface area contributed by atoms with Crippen molar-refractivity contribution in [3.8, 4) is 11.5 Å². The van der Waals surface area contributed by atoms with Crippen molar-refractivity contribution in [2.24, 2.45) is 0 Å². The minimum Gasteiger partial charge on any atom is -0.370 e. The number of pyridine rings is 1. The minimum atomic E-state index is 0.655. The molecule has 100 valence electrons. The van der Waals surface area contributed by atoms with E-state index < -0.39 is 0 Å². The van der Waals surface area contributed by atoms with Crippen LogP contribution in [0.3, 0.4) is 0 Å². The highest BCUT2D eigenvalue weighted by Gasteiger charge is 2.08. The summed E-state index contributed by atoms with van der Waals surface area (Å²) in [5, 5.41) is 5.49. The van der Waals surface area contributed by atoms with E-state index in [-0.39, 0.29) is 0 Å². The van der Waals surface area contributed by atoms with E-state index in [0.29, 0.717) is 5.82 Å².